The maximum absolute atomic E-state index is 13.2. The molecule has 0 bridgehead atoms. The average Bonchev–Trinajstić information content (AvgIpc) is 3.20. The van der Waals surface area contributed by atoms with Gasteiger partial charge in [-0.05, 0) is 66.9 Å². The first-order valence-electron chi connectivity index (χ1n) is 12.1. The van der Waals surface area contributed by atoms with Gasteiger partial charge in [0.15, 0.2) is 22.4 Å². The number of anilines is 2. The van der Waals surface area contributed by atoms with Gasteiger partial charge in [0.1, 0.15) is 5.75 Å². The van der Waals surface area contributed by atoms with E-state index in [4.69, 9.17) is 26.4 Å². The third kappa shape index (κ3) is 6.54. The molecule has 0 atom stereocenters. The second-order valence-corrected chi connectivity index (χ2v) is 9.92. The lowest BCUT2D eigenvalue weighted by Gasteiger charge is -2.15. The van der Waals surface area contributed by atoms with Crippen molar-refractivity contribution in [1.82, 2.24) is 0 Å². The zero-order valence-electron chi connectivity index (χ0n) is 21.4. The van der Waals surface area contributed by atoms with Crippen LogP contribution < -0.4 is 24.4 Å². The standard InChI is InChI=1S/C29H28N2O5S2/c1-4-19-9-12-22(13-10-19)31-28(33)26(38-29(31)37)16-20-11-14-24(25(15-20)35-5-2)36-18-27(32)30-21-7-6-8-23(17-21)34-3/h6-17H,4-5,18H2,1-3H3,(H,30,32)/b26-16-. The Labute approximate surface area is 231 Å². The number of methoxy groups -OCH3 is 1. The molecule has 1 heterocycles. The quantitative estimate of drug-likeness (QED) is 0.243. The van der Waals surface area contributed by atoms with E-state index in [1.54, 1.807) is 60.6 Å². The monoisotopic (exact) mass is 548 g/mol. The molecule has 196 valence electrons. The van der Waals surface area contributed by atoms with E-state index in [1.807, 2.05) is 31.2 Å². The Kier molecular flexibility index (Phi) is 9.04. The number of amides is 2. The van der Waals surface area contributed by atoms with Gasteiger partial charge in [0.2, 0.25) is 0 Å². The van der Waals surface area contributed by atoms with Crippen LogP contribution in [0, 0.1) is 0 Å². The van der Waals surface area contributed by atoms with Gasteiger partial charge in [-0.2, -0.15) is 0 Å². The van der Waals surface area contributed by atoms with Gasteiger partial charge >= 0.3 is 0 Å². The summed E-state index contributed by atoms with van der Waals surface area (Å²) in [4.78, 5) is 27.6. The summed E-state index contributed by atoms with van der Waals surface area (Å²) in [6.07, 6.45) is 2.70. The van der Waals surface area contributed by atoms with Crippen molar-refractivity contribution < 1.29 is 23.8 Å². The minimum Gasteiger partial charge on any atom is -0.497 e. The number of carbonyl (C=O) groups is 2. The van der Waals surface area contributed by atoms with E-state index in [-0.39, 0.29) is 18.4 Å². The highest BCUT2D eigenvalue weighted by molar-refractivity contribution is 8.27. The molecule has 3 aromatic carbocycles. The molecule has 0 aliphatic carbocycles. The molecule has 3 aromatic rings. The topological polar surface area (TPSA) is 77.1 Å². The van der Waals surface area contributed by atoms with E-state index >= 15 is 0 Å². The van der Waals surface area contributed by atoms with Crippen LogP contribution >= 0.6 is 24.0 Å². The number of thiocarbonyl (C=S) groups is 1. The Balaban J connectivity index is 1.46. The summed E-state index contributed by atoms with van der Waals surface area (Å²) < 4.78 is 17.2. The molecule has 0 spiro atoms. The van der Waals surface area contributed by atoms with Gasteiger partial charge in [-0.3, -0.25) is 14.5 Å². The zero-order chi connectivity index (χ0) is 27.1. The highest BCUT2D eigenvalue weighted by Crippen LogP contribution is 2.37. The van der Waals surface area contributed by atoms with Crippen LogP contribution in [-0.4, -0.2) is 36.5 Å². The molecular formula is C29H28N2O5S2. The third-order valence-corrected chi connectivity index (χ3v) is 6.98. The fourth-order valence-electron chi connectivity index (χ4n) is 3.77. The van der Waals surface area contributed by atoms with Gasteiger partial charge < -0.3 is 19.5 Å². The SMILES string of the molecule is CCOc1cc(/C=C2\SC(=S)N(c3ccc(CC)cc3)C2=O)ccc1OCC(=O)Nc1cccc(OC)c1. The lowest BCUT2D eigenvalue weighted by atomic mass is 10.1. The van der Waals surface area contributed by atoms with E-state index in [0.717, 1.165) is 17.7 Å². The fourth-order valence-corrected chi connectivity index (χ4v) is 5.06. The number of nitrogens with one attached hydrogen (secondary N) is 1. The maximum Gasteiger partial charge on any atom is 0.270 e. The molecule has 1 fully saturated rings. The number of ether oxygens (including phenoxy) is 3. The van der Waals surface area contributed by atoms with Crippen molar-refractivity contribution in [2.75, 3.05) is 30.5 Å². The summed E-state index contributed by atoms with van der Waals surface area (Å²) in [6, 6.07) is 20.2. The minimum absolute atomic E-state index is 0.170. The highest BCUT2D eigenvalue weighted by atomic mass is 32.2. The van der Waals surface area contributed by atoms with E-state index in [1.165, 1.54) is 17.3 Å². The fraction of sp³-hybridized carbons (Fsp3) is 0.207. The minimum atomic E-state index is -0.319. The lowest BCUT2D eigenvalue weighted by Crippen LogP contribution is -2.27. The predicted octanol–water partition coefficient (Wildman–Crippen LogP) is 6.08. The summed E-state index contributed by atoms with van der Waals surface area (Å²) in [5.41, 5.74) is 3.30. The van der Waals surface area contributed by atoms with Gasteiger partial charge in [0.05, 0.1) is 24.3 Å². The Hall–Kier alpha value is -3.82. The summed E-state index contributed by atoms with van der Waals surface area (Å²) in [6.45, 7) is 4.15. The number of hydrogen-bond acceptors (Lipinski definition) is 7. The molecule has 1 saturated heterocycles. The van der Waals surface area contributed by atoms with Crippen molar-refractivity contribution in [2.45, 2.75) is 20.3 Å². The molecule has 4 rings (SSSR count). The van der Waals surface area contributed by atoms with Gasteiger partial charge in [-0.25, -0.2) is 0 Å². The number of thioether (sulfide) groups is 1. The van der Waals surface area contributed by atoms with Crippen molar-refractivity contribution in [3.8, 4) is 17.2 Å². The first-order chi connectivity index (χ1) is 18.4. The van der Waals surface area contributed by atoms with Crippen LogP contribution in [0.4, 0.5) is 11.4 Å². The molecular weight excluding hydrogens is 520 g/mol. The van der Waals surface area contributed by atoms with Crippen LogP contribution in [0.25, 0.3) is 6.08 Å². The Morgan fingerprint density at radius 1 is 1.03 bits per heavy atom. The van der Waals surface area contributed by atoms with Crippen LogP contribution in [-0.2, 0) is 16.0 Å². The largest absolute Gasteiger partial charge is 0.497 e. The lowest BCUT2D eigenvalue weighted by molar-refractivity contribution is -0.118. The smallest absolute Gasteiger partial charge is 0.270 e. The highest BCUT2D eigenvalue weighted by Gasteiger charge is 2.33. The van der Waals surface area contributed by atoms with E-state index in [0.29, 0.717) is 38.8 Å². The van der Waals surface area contributed by atoms with Crippen LogP contribution in [0.1, 0.15) is 25.0 Å². The first-order valence-corrected chi connectivity index (χ1v) is 13.3. The Morgan fingerprint density at radius 3 is 2.53 bits per heavy atom. The maximum atomic E-state index is 13.2. The van der Waals surface area contributed by atoms with Gasteiger partial charge in [0.25, 0.3) is 11.8 Å². The number of nitrogens with zero attached hydrogens (tertiary/aromatic N) is 1. The molecule has 9 heteroatoms. The van der Waals surface area contributed by atoms with Crippen LogP contribution in [0.15, 0.2) is 71.6 Å². The van der Waals surface area contributed by atoms with Crippen LogP contribution in [0.2, 0.25) is 0 Å². The van der Waals surface area contributed by atoms with Crippen molar-refractivity contribution >= 4 is 57.6 Å². The molecule has 38 heavy (non-hydrogen) atoms. The summed E-state index contributed by atoms with van der Waals surface area (Å²) in [7, 11) is 1.57. The summed E-state index contributed by atoms with van der Waals surface area (Å²) in [5.74, 6) is 1.05. The molecule has 0 aromatic heterocycles. The Morgan fingerprint density at radius 2 is 1.82 bits per heavy atom. The molecule has 1 N–H and O–H groups in total. The van der Waals surface area contributed by atoms with E-state index in [9.17, 15) is 9.59 Å². The second-order valence-electron chi connectivity index (χ2n) is 8.25. The molecule has 1 aliphatic rings. The van der Waals surface area contributed by atoms with Crippen molar-refractivity contribution in [3.63, 3.8) is 0 Å². The van der Waals surface area contributed by atoms with Gasteiger partial charge in [-0.1, -0.05) is 55.2 Å². The number of carbonyl (C=O) groups excluding carboxylic acids is 2. The number of hydrogen-bond donors (Lipinski definition) is 1. The predicted molar refractivity (Wildman–Crippen MR) is 156 cm³/mol. The summed E-state index contributed by atoms with van der Waals surface area (Å²) >= 11 is 6.76. The molecule has 7 nitrogen and oxygen atoms in total. The van der Waals surface area contributed by atoms with Crippen molar-refractivity contribution in [3.05, 3.63) is 82.8 Å². The molecule has 0 unspecified atom stereocenters. The van der Waals surface area contributed by atoms with Crippen molar-refractivity contribution in [2.24, 2.45) is 0 Å². The Bertz CT molecular complexity index is 1370. The third-order valence-electron chi connectivity index (χ3n) is 5.67. The first kappa shape index (κ1) is 27.2. The normalized spacial score (nSPS) is 14.1. The molecule has 0 radical (unpaired) electrons. The molecule has 1 aliphatic heterocycles. The molecule has 0 saturated carbocycles. The van der Waals surface area contributed by atoms with E-state index in [2.05, 4.69) is 12.2 Å². The van der Waals surface area contributed by atoms with E-state index < -0.39 is 0 Å². The number of aryl methyl sites for hydroxylation is 1. The summed E-state index contributed by atoms with van der Waals surface area (Å²) in [5, 5.41) is 2.78. The number of benzene rings is 3. The zero-order valence-corrected chi connectivity index (χ0v) is 23.0. The second kappa shape index (κ2) is 12.6. The van der Waals surface area contributed by atoms with Gasteiger partial charge in [0, 0.05) is 11.8 Å². The van der Waals surface area contributed by atoms with Crippen LogP contribution in [0.3, 0.4) is 0 Å². The average molecular weight is 549 g/mol. The van der Waals surface area contributed by atoms with Crippen molar-refractivity contribution in [1.29, 1.82) is 0 Å². The van der Waals surface area contributed by atoms with Crippen LogP contribution in [0.5, 0.6) is 17.2 Å². The number of rotatable bonds is 10. The molecule has 2 amide bonds. The van der Waals surface area contributed by atoms with Gasteiger partial charge in [-0.15, -0.1) is 0 Å².